The highest BCUT2D eigenvalue weighted by molar-refractivity contribution is 8.00. The maximum atomic E-state index is 13.6. The Labute approximate surface area is 220 Å². The summed E-state index contributed by atoms with van der Waals surface area (Å²) in [4.78, 5) is 18.4. The first-order valence-electron chi connectivity index (χ1n) is 11.2. The van der Waals surface area contributed by atoms with Gasteiger partial charge in [0.1, 0.15) is 5.25 Å². The minimum absolute atomic E-state index is 0.00897. The average molecular weight is 538 g/mol. The van der Waals surface area contributed by atoms with E-state index in [2.05, 4.69) is 5.32 Å². The zero-order chi connectivity index (χ0) is 26.0. The van der Waals surface area contributed by atoms with Crippen molar-refractivity contribution in [2.75, 3.05) is 5.32 Å². The molecule has 5 aromatic rings. The highest BCUT2D eigenvalue weighted by atomic mass is 35.5. The van der Waals surface area contributed by atoms with E-state index < -0.39 is 22.9 Å². The van der Waals surface area contributed by atoms with Gasteiger partial charge in [-0.1, -0.05) is 84.0 Å². The fourth-order valence-corrected chi connectivity index (χ4v) is 5.21. The third-order valence-corrected chi connectivity index (χ3v) is 7.20. The second kappa shape index (κ2) is 10.3. The van der Waals surface area contributed by atoms with E-state index in [1.807, 2.05) is 65.2 Å². The number of hydrogen-bond acceptors (Lipinski definition) is 3. The number of carbonyl (C=O) groups excluding carboxylic acids is 1. The number of rotatable bonds is 6. The van der Waals surface area contributed by atoms with Gasteiger partial charge >= 0.3 is 6.18 Å². The van der Waals surface area contributed by atoms with Crippen LogP contribution in [0.4, 0.5) is 18.9 Å². The van der Waals surface area contributed by atoms with E-state index in [1.165, 1.54) is 11.8 Å². The number of aromatic nitrogens is 2. The number of hydrogen-bond donors (Lipinski definition) is 1. The van der Waals surface area contributed by atoms with Crippen molar-refractivity contribution in [1.82, 2.24) is 9.55 Å². The van der Waals surface area contributed by atoms with Gasteiger partial charge in [-0.2, -0.15) is 13.2 Å². The summed E-state index contributed by atoms with van der Waals surface area (Å²) in [6.07, 6.45) is -4.57. The average Bonchev–Trinajstić information content (AvgIpc) is 3.27. The van der Waals surface area contributed by atoms with Crippen LogP contribution in [-0.2, 0) is 11.0 Å². The fraction of sp³-hybridized carbons (Fsp3) is 0.0714. The van der Waals surface area contributed by atoms with Crippen LogP contribution in [0.1, 0.15) is 16.4 Å². The van der Waals surface area contributed by atoms with Crippen LogP contribution in [0.3, 0.4) is 0 Å². The molecular formula is C28H19ClF3N3OS. The lowest BCUT2D eigenvalue weighted by atomic mass is 10.1. The Bertz CT molecular complexity index is 1560. The number of halogens is 4. The molecule has 0 saturated heterocycles. The van der Waals surface area contributed by atoms with Gasteiger partial charge in [-0.15, -0.1) is 0 Å². The van der Waals surface area contributed by atoms with Gasteiger partial charge in [-0.25, -0.2) is 4.98 Å². The van der Waals surface area contributed by atoms with Gasteiger partial charge in [0.05, 0.1) is 27.3 Å². The van der Waals surface area contributed by atoms with Crippen molar-refractivity contribution >= 4 is 46.0 Å². The van der Waals surface area contributed by atoms with Gasteiger partial charge in [0.2, 0.25) is 5.91 Å². The molecule has 9 heteroatoms. The van der Waals surface area contributed by atoms with Crippen molar-refractivity contribution in [2.24, 2.45) is 0 Å². The number of fused-ring (bicyclic) bond motifs is 1. The monoisotopic (exact) mass is 537 g/mol. The van der Waals surface area contributed by atoms with E-state index in [0.717, 1.165) is 34.9 Å². The van der Waals surface area contributed by atoms with Crippen LogP contribution >= 0.6 is 23.4 Å². The summed E-state index contributed by atoms with van der Waals surface area (Å²) in [5.74, 6) is -0.524. The number of benzene rings is 4. The Balaban J connectivity index is 1.56. The Morgan fingerprint density at radius 2 is 1.54 bits per heavy atom. The Morgan fingerprint density at radius 3 is 2.24 bits per heavy atom. The first kappa shape index (κ1) is 24.9. The van der Waals surface area contributed by atoms with Crippen LogP contribution in [0.2, 0.25) is 5.02 Å². The van der Waals surface area contributed by atoms with Crippen LogP contribution in [-0.4, -0.2) is 15.5 Å². The van der Waals surface area contributed by atoms with Gasteiger partial charge in [0.15, 0.2) is 5.16 Å². The number of nitrogens with zero attached hydrogens (tertiary/aromatic N) is 2. The number of imidazole rings is 1. The molecule has 1 amide bonds. The molecule has 0 saturated carbocycles. The van der Waals surface area contributed by atoms with E-state index in [0.29, 0.717) is 10.7 Å². The van der Waals surface area contributed by atoms with Crippen LogP contribution in [0.5, 0.6) is 0 Å². The second-order valence-corrected chi connectivity index (χ2v) is 9.62. The molecule has 1 N–H and O–H groups in total. The van der Waals surface area contributed by atoms with E-state index >= 15 is 0 Å². The second-order valence-electron chi connectivity index (χ2n) is 8.14. The number of carbonyl (C=O) groups is 1. The lowest BCUT2D eigenvalue weighted by Gasteiger charge is -2.19. The minimum atomic E-state index is -4.57. The summed E-state index contributed by atoms with van der Waals surface area (Å²) in [6, 6.07) is 29.1. The highest BCUT2D eigenvalue weighted by Crippen LogP contribution is 2.40. The maximum absolute atomic E-state index is 13.6. The molecule has 37 heavy (non-hydrogen) atoms. The van der Waals surface area contributed by atoms with E-state index in [-0.39, 0.29) is 10.7 Å². The first-order valence-corrected chi connectivity index (χ1v) is 12.5. The maximum Gasteiger partial charge on any atom is 0.416 e. The molecule has 0 aliphatic heterocycles. The third-order valence-electron chi connectivity index (χ3n) is 5.66. The number of thioether (sulfide) groups is 1. The van der Waals surface area contributed by atoms with Crippen molar-refractivity contribution in [3.8, 4) is 5.69 Å². The summed E-state index contributed by atoms with van der Waals surface area (Å²) in [6.45, 7) is 0. The third kappa shape index (κ3) is 5.35. The summed E-state index contributed by atoms with van der Waals surface area (Å²) < 4.78 is 41.8. The molecule has 0 unspecified atom stereocenters. The molecule has 0 bridgehead atoms. The molecule has 1 aromatic heterocycles. The van der Waals surface area contributed by atoms with Crippen molar-refractivity contribution in [2.45, 2.75) is 16.6 Å². The van der Waals surface area contributed by atoms with Gasteiger partial charge in [-0.3, -0.25) is 9.36 Å². The molecule has 5 rings (SSSR count). The largest absolute Gasteiger partial charge is 0.416 e. The first-order chi connectivity index (χ1) is 17.8. The normalized spacial score (nSPS) is 12.4. The van der Waals surface area contributed by atoms with Crippen molar-refractivity contribution in [3.05, 3.63) is 119 Å². The molecule has 186 valence electrons. The number of amides is 1. The highest BCUT2D eigenvalue weighted by Gasteiger charge is 2.32. The summed E-state index contributed by atoms with van der Waals surface area (Å²) >= 11 is 7.36. The van der Waals surface area contributed by atoms with Gasteiger partial charge < -0.3 is 5.32 Å². The Morgan fingerprint density at radius 1 is 0.892 bits per heavy atom. The standard InChI is InChI=1S/C28H19ClF3N3OS/c29-21-16-15-19(28(30,31)32)17-23(21)33-26(36)25(18-9-3-1-4-10-18)37-27-34-22-13-7-8-14-24(22)35(27)20-11-5-2-6-12-20/h1-17,25H,(H,33,36)/t25-/m1/s1. The van der Waals surface area contributed by atoms with Crippen LogP contribution in [0.25, 0.3) is 16.7 Å². The van der Waals surface area contributed by atoms with E-state index in [4.69, 9.17) is 16.6 Å². The smallest absolute Gasteiger partial charge is 0.323 e. The minimum Gasteiger partial charge on any atom is -0.323 e. The zero-order valence-electron chi connectivity index (χ0n) is 19.1. The predicted octanol–water partition coefficient (Wildman–Crippen LogP) is 8.17. The number of alkyl halides is 3. The molecule has 0 fully saturated rings. The summed E-state index contributed by atoms with van der Waals surface area (Å²) in [5, 5.41) is 2.35. The molecule has 1 atom stereocenters. The lowest BCUT2D eigenvalue weighted by molar-refractivity contribution is -0.137. The predicted molar refractivity (Wildman–Crippen MR) is 141 cm³/mol. The van der Waals surface area contributed by atoms with Gasteiger partial charge in [0.25, 0.3) is 0 Å². The Kier molecular flexibility index (Phi) is 6.95. The molecule has 4 aromatic carbocycles. The van der Waals surface area contributed by atoms with Crippen LogP contribution in [0, 0.1) is 0 Å². The number of anilines is 1. The molecule has 0 aliphatic carbocycles. The number of nitrogens with one attached hydrogen (secondary N) is 1. The van der Waals surface area contributed by atoms with Crippen molar-refractivity contribution in [1.29, 1.82) is 0 Å². The van der Waals surface area contributed by atoms with Crippen LogP contribution in [0.15, 0.2) is 108 Å². The molecule has 0 radical (unpaired) electrons. The zero-order valence-corrected chi connectivity index (χ0v) is 20.7. The molecular weight excluding hydrogens is 519 g/mol. The Hall–Kier alpha value is -3.75. The fourth-order valence-electron chi connectivity index (χ4n) is 3.91. The quantitative estimate of drug-likeness (QED) is 0.222. The molecule has 1 heterocycles. The van der Waals surface area contributed by atoms with Crippen molar-refractivity contribution in [3.63, 3.8) is 0 Å². The summed E-state index contributed by atoms with van der Waals surface area (Å²) in [7, 11) is 0. The lowest BCUT2D eigenvalue weighted by Crippen LogP contribution is -2.20. The van der Waals surface area contributed by atoms with Gasteiger partial charge in [-0.05, 0) is 48.0 Å². The van der Waals surface area contributed by atoms with E-state index in [1.54, 1.807) is 24.3 Å². The SMILES string of the molecule is O=C(Nc1cc(C(F)(F)F)ccc1Cl)[C@H](Sc1nc2ccccc2n1-c1ccccc1)c1ccccc1. The number of para-hydroxylation sites is 3. The molecule has 4 nitrogen and oxygen atoms in total. The van der Waals surface area contributed by atoms with Crippen molar-refractivity contribution < 1.29 is 18.0 Å². The molecule has 0 aliphatic rings. The van der Waals surface area contributed by atoms with Crippen LogP contribution < -0.4 is 5.32 Å². The van der Waals surface area contributed by atoms with Gasteiger partial charge in [0, 0.05) is 5.69 Å². The topological polar surface area (TPSA) is 46.9 Å². The summed E-state index contributed by atoms with van der Waals surface area (Å²) in [5.41, 5.74) is 2.14. The molecule has 0 spiro atoms. The van der Waals surface area contributed by atoms with E-state index in [9.17, 15) is 18.0 Å².